The zero-order valence-electron chi connectivity index (χ0n) is 11.0. The van der Waals surface area contributed by atoms with Crippen molar-refractivity contribution < 1.29 is 9.53 Å². The van der Waals surface area contributed by atoms with E-state index in [4.69, 9.17) is 4.74 Å². The summed E-state index contributed by atoms with van der Waals surface area (Å²) in [4.78, 5) is 15.8. The van der Waals surface area contributed by atoms with Gasteiger partial charge in [-0.05, 0) is 44.9 Å². The Labute approximate surface area is 108 Å². The first-order valence-electron chi connectivity index (χ1n) is 7.12. The second-order valence-corrected chi connectivity index (χ2v) is 5.97. The normalized spacial score (nSPS) is 36.8. The van der Waals surface area contributed by atoms with Crippen molar-refractivity contribution in [1.82, 2.24) is 5.32 Å². The SMILES string of the molecule is COC(=O)C1CCC(NC2(C3C=N3)CCC2)CC1. The summed E-state index contributed by atoms with van der Waals surface area (Å²) in [6.45, 7) is 0. The molecule has 0 aromatic rings. The maximum Gasteiger partial charge on any atom is 0.308 e. The van der Waals surface area contributed by atoms with Gasteiger partial charge < -0.3 is 10.1 Å². The van der Waals surface area contributed by atoms with Crippen LogP contribution >= 0.6 is 0 Å². The largest absolute Gasteiger partial charge is 0.469 e. The van der Waals surface area contributed by atoms with E-state index in [-0.39, 0.29) is 17.4 Å². The van der Waals surface area contributed by atoms with Crippen LogP contribution in [-0.2, 0) is 9.53 Å². The van der Waals surface area contributed by atoms with Gasteiger partial charge in [0.1, 0.15) is 6.04 Å². The van der Waals surface area contributed by atoms with Crippen LogP contribution in [0.1, 0.15) is 44.9 Å². The number of esters is 1. The average Bonchev–Trinajstić information content (AvgIpc) is 3.18. The third kappa shape index (κ3) is 2.18. The molecule has 1 unspecified atom stereocenters. The van der Waals surface area contributed by atoms with Crippen LogP contribution in [0.3, 0.4) is 0 Å². The Morgan fingerprint density at radius 1 is 1.33 bits per heavy atom. The number of carbonyl (C=O) groups excluding carboxylic acids is 1. The van der Waals surface area contributed by atoms with Crippen LogP contribution < -0.4 is 5.32 Å². The minimum atomic E-state index is -0.0302. The zero-order valence-corrected chi connectivity index (χ0v) is 11.0. The van der Waals surface area contributed by atoms with E-state index in [2.05, 4.69) is 16.5 Å². The molecule has 1 N–H and O–H groups in total. The fourth-order valence-electron chi connectivity index (χ4n) is 3.46. The van der Waals surface area contributed by atoms with E-state index in [0.29, 0.717) is 12.1 Å². The third-order valence-corrected chi connectivity index (χ3v) is 4.86. The number of methoxy groups -OCH3 is 1. The lowest BCUT2D eigenvalue weighted by molar-refractivity contribution is -0.146. The average molecular weight is 250 g/mol. The first-order valence-corrected chi connectivity index (χ1v) is 7.12. The van der Waals surface area contributed by atoms with Crippen LogP contribution in [0.15, 0.2) is 4.99 Å². The predicted octanol–water partition coefficient (Wildman–Crippen LogP) is 1.68. The molecule has 1 heterocycles. The summed E-state index contributed by atoms with van der Waals surface area (Å²) in [5.41, 5.74) is 0.281. The highest BCUT2D eigenvalue weighted by Crippen LogP contribution is 2.41. The van der Waals surface area contributed by atoms with Gasteiger partial charge in [-0.3, -0.25) is 9.79 Å². The molecule has 0 aromatic carbocycles. The van der Waals surface area contributed by atoms with Crippen molar-refractivity contribution in [3.05, 3.63) is 0 Å². The maximum absolute atomic E-state index is 11.5. The number of hydrogen-bond donors (Lipinski definition) is 1. The Balaban J connectivity index is 1.49. The van der Waals surface area contributed by atoms with Crippen LogP contribution in [0.25, 0.3) is 0 Å². The van der Waals surface area contributed by atoms with Gasteiger partial charge in [-0.25, -0.2) is 0 Å². The molecular weight excluding hydrogens is 228 g/mol. The quantitative estimate of drug-likeness (QED) is 0.772. The first kappa shape index (κ1) is 12.2. The summed E-state index contributed by atoms with van der Waals surface area (Å²) >= 11 is 0. The van der Waals surface area contributed by atoms with Gasteiger partial charge in [0.05, 0.1) is 13.0 Å². The highest BCUT2D eigenvalue weighted by Gasteiger charge is 2.48. The molecule has 4 heteroatoms. The lowest BCUT2D eigenvalue weighted by Crippen LogP contribution is -2.59. The molecule has 3 aliphatic rings. The smallest absolute Gasteiger partial charge is 0.308 e. The van der Waals surface area contributed by atoms with Crippen LogP contribution in [0.4, 0.5) is 0 Å². The van der Waals surface area contributed by atoms with Crippen molar-refractivity contribution in [3.63, 3.8) is 0 Å². The summed E-state index contributed by atoms with van der Waals surface area (Å²) in [5.74, 6) is 0.0971. The van der Waals surface area contributed by atoms with Crippen LogP contribution in [-0.4, -0.2) is 36.9 Å². The molecule has 2 aliphatic carbocycles. The fourth-order valence-corrected chi connectivity index (χ4v) is 3.46. The Bertz CT molecular complexity index is 349. The van der Waals surface area contributed by atoms with Gasteiger partial charge in [-0.1, -0.05) is 0 Å². The van der Waals surface area contributed by atoms with Crippen LogP contribution in [0, 0.1) is 5.92 Å². The van der Waals surface area contributed by atoms with Gasteiger partial charge >= 0.3 is 5.97 Å². The van der Waals surface area contributed by atoms with Gasteiger partial charge in [-0.2, -0.15) is 0 Å². The molecule has 0 spiro atoms. The second kappa shape index (κ2) is 4.65. The number of rotatable bonds is 4. The van der Waals surface area contributed by atoms with Gasteiger partial charge in [0.2, 0.25) is 0 Å². The molecule has 18 heavy (non-hydrogen) atoms. The molecule has 0 radical (unpaired) electrons. The van der Waals surface area contributed by atoms with Gasteiger partial charge in [-0.15, -0.1) is 0 Å². The first-order chi connectivity index (χ1) is 8.73. The molecule has 2 saturated carbocycles. The number of aliphatic imine (C=N–C) groups is 1. The predicted molar refractivity (Wildman–Crippen MR) is 69.8 cm³/mol. The van der Waals surface area contributed by atoms with Gasteiger partial charge in [0, 0.05) is 17.8 Å². The van der Waals surface area contributed by atoms with E-state index in [1.807, 2.05) is 0 Å². The van der Waals surface area contributed by atoms with E-state index in [0.717, 1.165) is 25.7 Å². The standard InChI is InChI=1S/C14H22N2O2/c1-18-13(17)10-3-5-11(6-4-10)16-14(7-2-8-14)12-9-15-12/h9-12,16H,2-8H2,1H3. The van der Waals surface area contributed by atoms with Gasteiger partial charge in [0.25, 0.3) is 0 Å². The summed E-state index contributed by atoms with van der Waals surface area (Å²) in [5, 5.41) is 3.83. The van der Waals surface area contributed by atoms with Crippen LogP contribution in [0.2, 0.25) is 0 Å². The Kier molecular flexibility index (Phi) is 3.14. The van der Waals surface area contributed by atoms with Crippen molar-refractivity contribution in [2.75, 3.05) is 7.11 Å². The summed E-state index contributed by atoms with van der Waals surface area (Å²) in [6, 6.07) is 1.03. The summed E-state index contributed by atoms with van der Waals surface area (Å²) in [7, 11) is 1.49. The van der Waals surface area contributed by atoms with E-state index >= 15 is 0 Å². The minimum absolute atomic E-state index is 0.0302. The number of nitrogens with zero attached hydrogens (tertiary/aromatic N) is 1. The highest BCUT2D eigenvalue weighted by molar-refractivity contribution is 5.80. The molecule has 1 aliphatic heterocycles. The van der Waals surface area contributed by atoms with Crippen molar-refractivity contribution in [3.8, 4) is 0 Å². The molecule has 3 rings (SSSR count). The Hall–Kier alpha value is -0.900. The second-order valence-electron chi connectivity index (χ2n) is 5.97. The summed E-state index contributed by atoms with van der Waals surface area (Å²) in [6.07, 6.45) is 10.0. The monoisotopic (exact) mass is 250 g/mol. The maximum atomic E-state index is 11.5. The minimum Gasteiger partial charge on any atom is -0.469 e. The van der Waals surface area contributed by atoms with E-state index < -0.39 is 0 Å². The molecule has 100 valence electrons. The van der Waals surface area contributed by atoms with E-state index in [1.165, 1.54) is 26.4 Å². The molecule has 0 bridgehead atoms. The Morgan fingerprint density at radius 3 is 2.44 bits per heavy atom. The fraction of sp³-hybridized carbons (Fsp3) is 0.857. The lowest BCUT2D eigenvalue weighted by Gasteiger charge is -2.46. The van der Waals surface area contributed by atoms with Crippen LogP contribution in [0.5, 0.6) is 0 Å². The number of ether oxygens (including phenoxy) is 1. The van der Waals surface area contributed by atoms with Crippen molar-refractivity contribution >= 4 is 12.2 Å². The summed E-state index contributed by atoms with van der Waals surface area (Å²) < 4.78 is 4.83. The highest BCUT2D eigenvalue weighted by atomic mass is 16.5. The Morgan fingerprint density at radius 2 is 2.00 bits per heavy atom. The third-order valence-electron chi connectivity index (χ3n) is 4.86. The van der Waals surface area contributed by atoms with Gasteiger partial charge in [0.15, 0.2) is 0 Å². The molecule has 2 fully saturated rings. The van der Waals surface area contributed by atoms with E-state index in [9.17, 15) is 4.79 Å². The van der Waals surface area contributed by atoms with Crippen molar-refractivity contribution in [1.29, 1.82) is 0 Å². The number of nitrogens with one attached hydrogen (secondary N) is 1. The number of carbonyl (C=O) groups is 1. The molecule has 0 amide bonds. The molecule has 0 aromatic heterocycles. The molecule has 0 saturated heterocycles. The lowest BCUT2D eigenvalue weighted by atomic mass is 9.72. The van der Waals surface area contributed by atoms with Crippen molar-refractivity contribution in [2.45, 2.75) is 62.6 Å². The topological polar surface area (TPSA) is 50.7 Å². The molecule has 4 nitrogen and oxygen atoms in total. The number of hydrogen-bond acceptors (Lipinski definition) is 4. The van der Waals surface area contributed by atoms with E-state index in [1.54, 1.807) is 0 Å². The molecular formula is C14H22N2O2. The van der Waals surface area contributed by atoms with Crippen molar-refractivity contribution in [2.24, 2.45) is 10.9 Å². The zero-order chi connectivity index (χ0) is 12.6. The molecule has 1 atom stereocenters.